The van der Waals surface area contributed by atoms with Crippen LogP contribution in [0, 0.1) is 11.7 Å². The Bertz CT molecular complexity index is 407. The van der Waals surface area contributed by atoms with Gasteiger partial charge in [0.25, 0.3) is 0 Å². The zero-order valence-electron chi connectivity index (χ0n) is 11.3. The molecule has 4 heteroatoms. The van der Waals surface area contributed by atoms with Crippen LogP contribution in [0.1, 0.15) is 37.8 Å². The molecule has 2 rings (SSSR count). The molecule has 0 radical (unpaired) electrons. The van der Waals surface area contributed by atoms with Gasteiger partial charge in [0.05, 0.1) is 4.47 Å². The molecule has 0 bridgehead atoms. The summed E-state index contributed by atoms with van der Waals surface area (Å²) in [5, 5.41) is 3.51. The molecule has 1 heterocycles. The number of nitrogens with one attached hydrogen (secondary N) is 1. The lowest BCUT2D eigenvalue weighted by molar-refractivity contribution is 0.0606. The van der Waals surface area contributed by atoms with E-state index < -0.39 is 0 Å². The van der Waals surface area contributed by atoms with E-state index in [9.17, 15) is 4.39 Å². The van der Waals surface area contributed by atoms with E-state index in [2.05, 4.69) is 28.2 Å². The van der Waals surface area contributed by atoms with Crippen LogP contribution in [0.3, 0.4) is 0 Å². The molecule has 0 aliphatic carbocycles. The summed E-state index contributed by atoms with van der Waals surface area (Å²) in [6.07, 6.45) is 3.35. The Hall–Kier alpha value is -0.450. The van der Waals surface area contributed by atoms with Crippen LogP contribution < -0.4 is 5.32 Å². The molecule has 1 aromatic carbocycles. The van der Waals surface area contributed by atoms with Crippen molar-refractivity contribution in [2.45, 2.75) is 32.2 Å². The van der Waals surface area contributed by atoms with Gasteiger partial charge in [0.1, 0.15) is 5.82 Å². The van der Waals surface area contributed by atoms with Crippen LogP contribution in [0.2, 0.25) is 0 Å². The number of hydrogen-bond donors (Lipinski definition) is 1. The fraction of sp³-hybridized carbons (Fsp3) is 0.600. The van der Waals surface area contributed by atoms with Gasteiger partial charge in [0, 0.05) is 19.3 Å². The van der Waals surface area contributed by atoms with E-state index in [0.717, 1.165) is 44.6 Å². The number of ether oxygens (including phenoxy) is 1. The normalized spacial score (nSPS) is 18.5. The standard InChI is InChI=1S/C15H21BrFNO/c1-2-18-15(9-11-5-7-19-8-6-11)12-3-4-14(17)13(16)10-12/h3-4,10-11,15,18H,2,5-9H2,1H3. The summed E-state index contributed by atoms with van der Waals surface area (Å²) in [4.78, 5) is 0. The van der Waals surface area contributed by atoms with Gasteiger partial charge in [-0.05, 0) is 65.4 Å². The minimum atomic E-state index is -0.204. The Kier molecular flexibility index (Phi) is 5.79. The van der Waals surface area contributed by atoms with Crippen molar-refractivity contribution in [3.8, 4) is 0 Å². The van der Waals surface area contributed by atoms with Crippen molar-refractivity contribution in [1.29, 1.82) is 0 Å². The van der Waals surface area contributed by atoms with E-state index in [-0.39, 0.29) is 5.82 Å². The molecule has 1 aliphatic rings. The fourth-order valence-corrected chi connectivity index (χ4v) is 3.02. The second-order valence-corrected chi connectivity index (χ2v) is 5.93. The predicted octanol–water partition coefficient (Wildman–Crippen LogP) is 4.06. The molecular weight excluding hydrogens is 309 g/mol. The smallest absolute Gasteiger partial charge is 0.137 e. The van der Waals surface area contributed by atoms with Gasteiger partial charge >= 0.3 is 0 Å². The largest absolute Gasteiger partial charge is 0.381 e. The molecule has 1 atom stereocenters. The lowest BCUT2D eigenvalue weighted by Crippen LogP contribution is -2.26. The molecule has 1 fully saturated rings. The number of hydrogen-bond acceptors (Lipinski definition) is 2. The molecular formula is C15H21BrFNO. The molecule has 106 valence electrons. The van der Waals surface area contributed by atoms with Crippen molar-refractivity contribution in [2.75, 3.05) is 19.8 Å². The van der Waals surface area contributed by atoms with E-state index in [1.807, 2.05) is 12.1 Å². The minimum Gasteiger partial charge on any atom is -0.381 e. The first-order chi connectivity index (χ1) is 9.20. The molecule has 1 aromatic rings. The maximum atomic E-state index is 13.3. The van der Waals surface area contributed by atoms with Crippen LogP contribution in [0.4, 0.5) is 4.39 Å². The topological polar surface area (TPSA) is 21.3 Å². The molecule has 0 aromatic heterocycles. The van der Waals surface area contributed by atoms with E-state index >= 15 is 0 Å². The van der Waals surface area contributed by atoms with Gasteiger partial charge in [-0.1, -0.05) is 13.0 Å². The summed E-state index contributed by atoms with van der Waals surface area (Å²) in [7, 11) is 0. The van der Waals surface area contributed by atoms with Gasteiger partial charge in [0.15, 0.2) is 0 Å². The van der Waals surface area contributed by atoms with Crippen LogP contribution in [-0.2, 0) is 4.74 Å². The summed E-state index contributed by atoms with van der Waals surface area (Å²) < 4.78 is 19.3. The van der Waals surface area contributed by atoms with Gasteiger partial charge in [-0.3, -0.25) is 0 Å². The third-order valence-electron chi connectivity index (χ3n) is 3.71. The highest BCUT2D eigenvalue weighted by atomic mass is 79.9. The predicted molar refractivity (Wildman–Crippen MR) is 78.7 cm³/mol. The average molecular weight is 330 g/mol. The molecule has 1 N–H and O–H groups in total. The number of halogens is 2. The first-order valence-electron chi connectivity index (χ1n) is 6.96. The fourth-order valence-electron chi connectivity index (χ4n) is 2.63. The van der Waals surface area contributed by atoms with E-state index in [1.54, 1.807) is 0 Å². The minimum absolute atomic E-state index is 0.204. The van der Waals surface area contributed by atoms with Crippen molar-refractivity contribution in [2.24, 2.45) is 5.92 Å². The average Bonchev–Trinajstić information content (AvgIpc) is 2.43. The zero-order valence-corrected chi connectivity index (χ0v) is 12.9. The van der Waals surface area contributed by atoms with Crippen molar-refractivity contribution in [3.63, 3.8) is 0 Å². The monoisotopic (exact) mass is 329 g/mol. The van der Waals surface area contributed by atoms with Gasteiger partial charge in [-0.2, -0.15) is 0 Å². The quantitative estimate of drug-likeness (QED) is 0.879. The van der Waals surface area contributed by atoms with Crippen LogP contribution in [0.5, 0.6) is 0 Å². The van der Waals surface area contributed by atoms with Crippen LogP contribution in [0.25, 0.3) is 0 Å². The maximum Gasteiger partial charge on any atom is 0.137 e. The van der Waals surface area contributed by atoms with Crippen LogP contribution in [-0.4, -0.2) is 19.8 Å². The summed E-state index contributed by atoms with van der Waals surface area (Å²) in [5.74, 6) is 0.492. The molecule has 19 heavy (non-hydrogen) atoms. The second-order valence-electron chi connectivity index (χ2n) is 5.08. The lowest BCUT2D eigenvalue weighted by atomic mass is 9.89. The highest BCUT2D eigenvalue weighted by molar-refractivity contribution is 9.10. The van der Waals surface area contributed by atoms with Crippen molar-refractivity contribution >= 4 is 15.9 Å². The zero-order chi connectivity index (χ0) is 13.7. The Labute approximate surface area is 122 Å². The van der Waals surface area contributed by atoms with E-state index in [0.29, 0.717) is 16.4 Å². The third-order valence-corrected chi connectivity index (χ3v) is 4.31. The maximum absolute atomic E-state index is 13.3. The molecule has 1 saturated heterocycles. The lowest BCUT2D eigenvalue weighted by Gasteiger charge is -2.27. The molecule has 0 saturated carbocycles. The van der Waals surface area contributed by atoms with Gasteiger partial charge in [-0.25, -0.2) is 4.39 Å². The van der Waals surface area contributed by atoms with E-state index in [1.165, 1.54) is 6.07 Å². The number of rotatable bonds is 5. The Morgan fingerprint density at radius 2 is 2.16 bits per heavy atom. The first-order valence-corrected chi connectivity index (χ1v) is 7.76. The Morgan fingerprint density at radius 3 is 2.79 bits per heavy atom. The van der Waals surface area contributed by atoms with Crippen molar-refractivity contribution in [1.82, 2.24) is 5.32 Å². The SMILES string of the molecule is CCNC(CC1CCOCC1)c1ccc(F)c(Br)c1. The van der Waals surface area contributed by atoms with Gasteiger partial charge < -0.3 is 10.1 Å². The molecule has 1 unspecified atom stereocenters. The summed E-state index contributed by atoms with van der Waals surface area (Å²) >= 11 is 3.27. The van der Waals surface area contributed by atoms with Gasteiger partial charge in [-0.15, -0.1) is 0 Å². The molecule has 2 nitrogen and oxygen atoms in total. The number of benzene rings is 1. The first kappa shape index (κ1) is 14.9. The van der Waals surface area contributed by atoms with Crippen molar-refractivity contribution < 1.29 is 9.13 Å². The Morgan fingerprint density at radius 1 is 1.42 bits per heavy atom. The molecule has 0 amide bonds. The van der Waals surface area contributed by atoms with Crippen molar-refractivity contribution in [3.05, 3.63) is 34.1 Å². The van der Waals surface area contributed by atoms with Crippen LogP contribution >= 0.6 is 15.9 Å². The third kappa shape index (κ3) is 4.26. The highest BCUT2D eigenvalue weighted by Crippen LogP contribution is 2.29. The molecule has 1 aliphatic heterocycles. The summed E-state index contributed by atoms with van der Waals surface area (Å²) in [6.45, 7) is 4.77. The summed E-state index contributed by atoms with van der Waals surface area (Å²) in [6, 6.07) is 5.60. The Balaban J connectivity index is 2.07. The molecule has 0 spiro atoms. The summed E-state index contributed by atoms with van der Waals surface area (Å²) in [5.41, 5.74) is 1.15. The van der Waals surface area contributed by atoms with E-state index in [4.69, 9.17) is 4.74 Å². The highest BCUT2D eigenvalue weighted by Gasteiger charge is 2.20. The second kappa shape index (κ2) is 7.36. The van der Waals surface area contributed by atoms with Gasteiger partial charge in [0.2, 0.25) is 0 Å². The van der Waals surface area contributed by atoms with Crippen LogP contribution in [0.15, 0.2) is 22.7 Å².